The van der Waals surface area contributed by atoms with Crippen LogP contribution in [0.4, 0.5) is 4.39 Å². The summed E-state index contributed by atoms with van der Waals surface area (Å²) < 4.78 is 19.1. The fourth-order valence-corrected chi connectivity index (χ4v) is 4.23. The van der Waals surface area contributed by atoms with Crippen LogP contribution in [-0.2, 0) is 14.3 Å². The molecule has 8 heteroatoms. The molecule has 29 heavy (non-hydrogen) atoms. The van der Waals surface area contributed by atoms with Crippen molar-refractivity contribution in [1.82, 2.24) is 14.7 Å². The minimum Gasteiger partial charge on any atom is -0.395 e. The topological polar surface area (TPSA) is 73.3 Å². The lowest BCUT2D eigenvalue weighted by molar-refractivity contribution is -0.139. The number of hydrogen-bond acceptors (Lipinski definition) is 6. The molecule has 3 heterocycles. The number of rotatable bonds is 6. The Morgan fingerprint density at radius 1 is 1.07 bits per heavy atom. The van der Waals surface area contributed by atoms with Crippen molar-refractivity contribution in [2.45, 2.75) is 18.9 Å². The number of β-amino-alcohol motifs (C(OH)–C–C–N with tert-alkyl or cyclic N) is 1. The van der Waals surface area contributed by atoms with E-state index in [4.69, 9.17) is 9.84 Å². The van der Waals surface area contributed by atoms with Gasteiger partial charge in [0.15, 0.2) is 0 Å². The van der Waals surface area contributed by atoms with Crippen LogP contribution >= 0.6 is 0 Å². The summed E-state index contributed by atoms with van der Waals surface area (Å²) in [5, 5.41) is 9.14. The first-order valence-electron chi connectivity index (χ1n) is 10.1. The van der Waals surface area contributed by atoms with E-state index in [1.54, 1.807) is 12.1 Å². The maximum absolute atomic E-state index is 13.4. The van der Waals surface area contributed by atoms with Gasteiger partial charge in [-0.2, -0.15) is 0 Å². The number of benzene rings is 1. The molecule has 1 aromatic carbocycles. The predicted octanol–water partition coefficient (Wildman–Crippen LogP) is 0.694. The van der Waals surface area contributed by atoms with E-state index in [1.807, 2.05) is 4.90 Å². The van der Waals surface area contributed by atoms with Crippen LogP contribution in [0.1, 0.15) is 18.4 Å². The number of hydrogen-bond donors (Lipinski definition) is 1. The Bertz CT molecular complexity index is 797. The van der Waals surface area contributed by atoms with Gasteiger partial charge in [0, 0.05) is 39.3 Å². The Kier molecular flexibility index (Phi) is 5.94. The lowest BCUT2D eigenvalue weighted by Gasteiger charge is -2.36. The molecular formula is C21H26FN3O4. The summed E-state index contributed by atoms with van der Waals surface area (Å²) in [5.41, 5.74) is 1.28. The molecular weight excluding hydrogens is 377 g/mol. The van der Waals surface area contributed by atoms with E-state index < -0.39 is 0 Å². The Labute approximate surface area is 169 Å². The van der Waals surface area contributed by atoms with Gasteiger partial charge in [-0.05, 0) is 30.5 Å². The standard InChI is InChI=1S/C21H26FN3O4/c22-16-5-3-15(4-6-16)18-19(24-9-7-23(8-10-24)11-12-26)21(28)25(20(18)27)14-17-2-1-13-29-17/h3-6,17,26H,1-2,7-14H2. The van der Waals surface area contributed by atoms with Crippen molar-refractivity contribution >= 4 is 17.4 Å². The van der Waals surface area contributed by atoms with E-state index in [9.17, 15) is 14.0 Å². The first-order chi connectivity index (χ1) is 14.1. The molecule has 2 fully saturated rings. The number of nitrogens with zero attached hydrogens (tertiary/aromatic N) is 3. The molecule has 1 N–H and O–H groups in total. The molecule has 0 bridgehead atoms. The van der Waals surface area contributed by atoms with Gasteiger partial charge in [0.05, 0.1) is 24.8 Å². The quantitative estimate of drug-likeness (QED) is 0.705. The van der Waals surface area contributed by atoms with Crippen molar-refractivity contribution in [2.75, 3.05) is 52.5 Å². The van der Waals surface area contributed by atoms with Crippen molar-refractivity contribution in [3.8, 4) is 0 Å². The lowest BCUT2D eigenvalue weighted by Crippen LogP contribution is -2.48. The predicted molar refractivity (Wildman–Crippen MR) is 104 cm³/mol. The van der Waals surface area contributed by atoms with Gasteiger partial charge in [-0.3, -0.25) is 19.4 Å². The molecule has 0 aliphatic carbocycles. The summed E-state index contributed by atoms with van der Waals surface area (Å²) in [6, 6.07) is 5.71. The number of amides is 2. The van der Waals surface area contributed by atoms with E-state index in [0.29, 0.717) is 56.2 Å². The molecule has 2 saturated heterocycles. The molecule has 0 radical (unpaired) electrons. The summed E-state index contributed by atoms with van der Waals surface area (Å²) in [7, 11) is 0. The number of aliphatic hydroxyl groups excluding tert-OH is 1. The molecule has 3 aliphatic rings. The number of halogens is 1. The fourth-order valence-electron chi connectivity index (χ4n) is 4.23. The summed E-state index contributed by atoms with van der Waals surface area (Å²) in [4.78, 5) is 31.9. The Balaban J connectivity index is 1.63. The van der Waals surface area contributed by atoms with E-state index >= 15 is 0 Å². The third kappa shape index (κ3) is 4.05. The maximum atomic E-state index is 13.4. The second-order valence-corrected chi connectivity index (χ2v) is 7.64. The molecule has 7 nitrogen and oxygen atoms in total. The van der Waals surface area contributed by atoms with E-state index in [-0.39, 0.29) is 36.9 Å². The summed E-state index contributed by atoms with van der Waals surface area (Å²) >= 11 is 0. The molecule has 0 aromatic heterocycles. The first kappa shape index (κ1) is 20.0. The van der Waals surface area contributed by atoms with Crippen LogP contribution in [0.15, 0.2) is 30.0 Å². The van der Waals surface area contributed by atoms with Gasteiger partial charge >= 0.3 is 0 Å². The zero-order valence-electron chi connectivity index (χ0n) is 16.3. The smallest absolute Gasteiger partial charge is 0.277 e. The lowest BCUT2D eigenvalue weighted by atomic mass is 10.0. The van der Waals surface area contributed by atoms with Crippen molar-refractivity contribution in [3.05, 3.63) is 41.3 Å². The van der Waals surface area contributed by atoms with E-state index in [2.05, 4.69) is 4.90 Å². The third-order valence-corrected chi connectivity index (χ3v) is 5.79. The molecule has 1 atom stereocenters. The molecule has 3 aliphatic heterocycles. The van der Waals surface area contributed by atoms with Gasteiger partial charge in [0.1, 0.15) is 11.5 Å². The number of imide groups is 1. The zero-order chi connectivity index (χ0) is 20.4. The van der Waals surface area contributed by atoms with Gasteiger partial charge in [-0.1, -0.05) is 12.1 Å². The highest BCUT2D eigenvalue weighted by atomic mass is 19.1. The largest absolute Gasteiger partial charge is 0.395 e. The van der Waals surface area contributed by atoms with Crippen molar-refractivity contribution in [3.63, 3.8) is 0 Å². The molecule has 0 spiro atoms. The van der Waals surface area contributed by atoms with Crippen LogP contribution in [0.5, 0.6) is 0 Å². The van der Waals surface area contributed by atoms with Crippen molar-refractivity contribution in [2.24, 2.45) is 0 Å². The number of carbonyl (C=O) groups excluding carboxylic acids is 2. The van der Waals surface area contributed by atoms with Crippen molar-refractivity contribution in [1.29, 1.82) is 0 Å². The van der Waals surface area contributed by atoms with Crippen LogP contribution < -0.4 is 0 Å². The summed E-state index contributed by atoms with van der Waals surface area (Å²) in [6.45, 7) is 4.17. The van der Waals surface area contributed by atoms with Gasteiger partial charge in [0.25, 0.3) is 11.8 Å². The number of ether oxygens (including phenoxy) is 1. The third-order valence-electron chi connectivity index (χ3n) is 5.79. The number of carbonyl (C=O) groups is 2. The SMILES string of the molecule is O=C1C(c2ccc(F)cc2)=C(N2CCN(CCO)CC2)C(=O)N1CC1CCCO1. The zero-order valence-corrected chi connectivity index (χ0v) is 16.3. The Morgan fingerprint density at radius 2 is 1.79 bits per heavy atom. The number of aliphatic hydroxyl groups is 1. The van der Waals surface area contributed by atoms with Crippen LogP contribution in [0.3, 0.4) is 0 Å². The highest BCUT2D eigenvalue weighted by molar-refractivity contribution is 6.35. The second-order valence-electron chi connectivity index (χ2n) is 7.64. The van der Waals surface area contributed by atoms with Gasteiger partial charge in [-0.15, -0.1) is 0 Å². The molecule has 2 amide bonds. The normalized spacial score (nSPS) is 23.6. The second kappa shape index (κ2) is 8.61. The number of piperazine rings is 1. The van der Waals surface area contributed by atoms with Crippen LogP contribution in [0, 0.1) is 5.82 Å². The maximum Gasteiger partial charge on any atom is 0.277 e. The highest BCUT2D eigenvalue weighted by Crippen LogP contribution is 2.33. The van der Waals surface area contributed by atoms with Gasteiger partial charge in [-0.25, -0.2) is 4.39 Å². The molecule has 156 valence electrons. The van der Waals surface area contributed by atoms with E-state index in [0.717, 1.165) is 12.8 Å². The Hall–Kier alpha value is -2.29. The average molecular weight is 403 g/mol. The Morgan fingerprint density at radius 3 is 2.41 bits per heavy atom. The first-order valence-corrected chi connectivity index (χ1v) is 10.1. The van der Waals surface area contributed by atoms with Gasteiger partial charge in [0.2, 0.25) is 0 Å². The summed E-state index contributed by atoms with van der Waals surface area (Å²) in [5.74, 6) is -1.04. The molecule has 1 unspecified atom stereocenters. The summed E-state index contributed by atoms with van der Waals surface area (Å²) in [6.07, 6.45) is 1.63. The van der Waals surface area contributed by atoms with Crippen molar-refractivity contribution < 1.29 is 23.8 Å². The fraction of sp³-hybridized carbons (Fsp3) is 0.524. The van der Waals surface area contributed by atoms with Crippen LogP contribution in [0.25, 0.3) is 5.57 Å². The molecule has 1 aromatic rings. The minimum atomic E-state index is -0.387. The van der Waals surface area contributed by atoms with Crippen LogP contribution in [0.2, 0.25) is 0 Å². The highest BCUT2D eigenvalue weighted by Gasteiger charge is 2.43. The van der Waals surface area contributed by atoms with Crippen LogP contribution in [-0.4, -0.2) is 90.2 Å². The van der Waals surface area contributed by atoms with E-state index in [1.165, 1.54) is 17.0 Å². The molecule has 0 saturated carbocycles. The molecule has 4 rings (SSSR count). The average Bonchev–Trinajstić information content (AvgIpc) is 3.32. The van der Waals surface area contributed by atoms with Gasteiger partial charge < -0.3 is 14.7 Å². The monoisotopic (exact) mass is 403 g/mol. The minimum absolute atomic E-state index is 0.0934.